The molecule has 0 aromatic heterocycles. The zero-order chi connectivity index (χ0) is 72.6. The van der Waals surface area contributed by atoms with Crippen LogP contribution in [0, 0.1) is 0 Å². The molecule has 3 heterocycles. The Hall–Kier alpha value is -4.65. The minimum absolute atomic E-state index is 0.0614. The van der Waals surface area contributed by atoms with Crippen molar-refractivity contribution < 1.29 is 115 Å². The van der Waals surface area contributed by atoms with Gasteiger partial charge in [0, 0.05) is 59.5 Å². The van der Waals surface area contributed by atoms with Gasteiger partial charge in [0.15, 0.2) is 43.5 Å². The van der Waals surface area contributed by atoms with E-state index in [0.29, 0.717) is 71.6 Å². The van der Waals surface area contributed by atoms with Crippen LogP contribution in [0.15, 0.2) is 91.0 Å². The molecule has 572 valence electrons. The Morgan fingerprint density at radius 2 is 0.782 bits per heavy atom. The molecule has 19 atom stereocenters. The third-order valence-electron chi connectivity index (χ3n) is 17.7. The molecular formula is C77H120O24. The second-order valence-corrected chi connectivity index (χ2v) is 25.9. The standard InChI is InChI=1S/C77H120O24/c1-9-17-41-85-49-40-56(87-43-19-11-3)62(88-44-20-12-4)60(78)74(83)100-67-64(90-46-22-14-6)58(95-75(84)69(67)92-48-24-16-8)51-94-77-70(101-73(82)55-38-32-27-33-39-55)68(99-72(81)54-36-30-26-31-37-54)65(98-71(80)53-34-28-25-29-35-53)59(97-77)52-93-76-61(79)66(91-47-23-15-7)63(89-45-21-13-5)57(96-76)50-86-42-18-10-2/h25-39,56-70,74-79,83-84H,9-24,40-52H2,1-8H3/t56-,57?,58?,59?,60-,61-,62?,63-,64-,65-,66?,67?,68?,69-,70-,74-,75-,76+,77+/m1/s1. The molecule has 3 aliphatic heterocycles. The summed E-state index contributed by atoms with van der Waals surface area (Å²) in [6.45, 7) is 17.9. The highest BCUT2D eigenvalue weighted by Crippen LogP contribution is 2.36. The van der Waals surface area contributed by atoms with Gasteiger partial charge in [0.25, 0.3) is 0 Å². The topological polar surface area (TPSA) is 289 Å². The molecule has 3 saturated heterocycles. The predicted molar refractivity (Wildman–Crippen MR) is 374 cm³/mol. The summed E-state index contributed by atoms with van der Waals surface area (Å²) in [5.41, 5.74) is 0.277. The van der Waals surface area contributed by atoms with E-state index in [0.717, 1.165) is 70.6 Å². The third-order valence-corrected chi connectivity index (χ3v) is 17.7. The van der Waals surface area contributed by atoms with Gasteiger partial charge in [-0.15, -0.1) is 0 Å². The van der Waals surface area contributed by atoms with Gasteiger partial charge < -0.3 is 101 Å². The lowest BCUT2D eigenvalue weighted by Gasteiger charge is -2.47. The molecule has 0 saturated carbocycles. The van der Waals surface area contributed by atoms with Crippen LogP contribution in [0.3, 0.4) is 0 Å². The molecule has 0 amide bonds. The van der Waals surface area contributed by atoms with Crippen molar-refractivity contribution in [2.75, 3.05) is 79.3 Å². The molecule has 0 spiro atoms. The van der Waals surface area contributed by atoms with Gasteiger partial charge in [-0.1, -0.05) is 161 Å². The highest BCUT2D eigenvalue weighted by Gasteiger charge is 2.56. The molecule has 6 rings (SSSR count). The monoisotopic (exact) mass is 1430 g/mol. The van der Waals surface area contributed by atoms with Gasteiger partial charge in [-0.05, 0) is 94.2 Å². The molecular weight excluding hydrogens is 1310 g/mol. The summed E-state index contributed by atoms with van der Waals surface area (Å²) in [5.74, 6) is -2.71. The number of hydrogen-bond acceptors (Lipinski definition) is 24. The molecule has 3 aromatic carbocycles. The first-order chi connectivity index (χ1) is 49.3. The van der Waals surface area contributed by atoms with Crippen molar-refractivity contribution >= 4 is 17.9 Å². The van der Waals surface area contributed by atoms with Crippen LogP contribution < -0.4 is 0 Å². The fraction of sp³-hybridized carbons (Fsp3) is 0.727. The van der Waals surface area contributed by atoms with Crippen molar-refractivity contribution in [1.29, 1.82) is 0 Å². The molecule has 3 fully saturated rings. The first-order valence-electron chi connectivity index (χ1n) is 37.5. The number of carbonyl (C=O) groups excluding carboxylic acids is 3. The van der Waals surface area contributed by atoms with Crippen LogP contribution in [-0.2, 0) is 80.5 Å². The second-order valence-electron chi connectivity index (χ2n) is 25.9. The Morgan fingerprint density at radius 3 is 1.30 bits per heavy atom. The second kappa shape index (κ2) is 49.2. The van der Waals surface area contributed by atoms with Crippen LogP contribution in [0.2, 0.25) is 0 Å². The minimum atomic E-state index is -2.00. The third kappa shape index (κ3) is 28.0. The SMILES string of the molecule is CCCCOCC[C@@H](OCCCC)C(OCCCC)[C@@H](O)[C@H](O)OC1[C@H](OCCCC)C(CO[C@H]2OC(CO[C@H]3OC(COCCCC)[C@@H](OCCCC)C(OCCCC)[C@H]3O)[C@@H](OC(=O)c3ccccc3)C(OC(=O)c3ccccc3)[C@H]2OC(=O)c2ccccc2)O[C@@H](O)[C@@H]1OCCCC. The molecule has 0 bridgehead atoms. The van der Waals surface area contributed by atoms with Crippen molar-refractivity contribution in [3.05, 3.63) is 108 Å². The lowest BCUT2D eigenvalue weighted by molar-refractivity contribution is -0.354. The molecule has 0 radical (unpaired) electrons. The zero-order valence-electron chi connectivity index (χ0n) is 61.1. The number of esters is 3. The normalized spacial score (nSPS) is 26.6. The van der Waals surface area contributed by atoms with Crippen molar-refractivity contribution in [3.63, 3.8) is 0 Å². The summed E-state index contributed by atoms with van der Waals surface area (Å²) >= 11 is 0. The van der Waals surface area contributed by atoms with E-state index in [-0.39, 0.29) is 49.7 Å². The first-order valence-corrected chi connectivity index (χ1v) is 37.5. The molecule has 4 N–H and O–H groups in total. The largest absolute Gasteiger partial charge is 0.452 e. The average molecular weight is 1430 g/mol. The van der Waals surface area contributed by atoms with Gasteiger partial charge in [-0.25, -0.2) is 14.4 Å². The Kier molecular flexibility index (Phi) is 41.5. The van der Waals surface area contributed by atoms with E-state index >= 15 is 0 Å². The molecule has 3 aromatic rings. The first kappa shape index (κ1) is 85.3. The van der Waals surface area contributed by atoms with Crippen molar-refractivity contribution in [1.82, 2.24) is 0 Å². The zero-order valence-corrected chi connectivity index (χ0v) is 61.1. The maximum atomic E-state index is 14.7. The van der Waals surface area contributed by atoms with E-state index in [2.05, 4.69) is 13.8 Å². The van der Waals surface area contributed by atoms with Gasteiger partial charge in [0.1, 0.15) is 67.1 Å². The van der Waals surface area contributed by atoms with Gasteiger partial charge in [0.2, 0.25) is 0 Å². The maximum absolute atomic E-state index is 14.7. The van der Waals surface area contributed by atoms with E-state index < -0.39 is 148 Å². The van der Waals surface area contributed by atoms with Crippen LogP contribution in [0.25, 0.3) is 0 Å². The summed E-state index contributed by atoms with van der Waals surface area (Å²) in [7, 11) is 0. The Balaban J connectivity index is 1.46. The van der Waals surface area contributed by atoms with Gasteiger partial charge >= 0.3 is 17.9 Å². The number of aliphatic hydroxyl groups is 4. The number of ether oxygens (including phenoxy) is 17. The summed E-state index contributed by atoms with van der Waals surface area (Å²) in [5, 5.41) is 49.4. The molecule has 7 unspecified atom stereocenters. The van der Waals surface area contributed by atoms with E-state index in [1.807, 2.05) is 41.5 Å². The highest BCUT2D eigenvalue weighted by atomic mass is 16.8. The van der Waals surface area contributed by atoms with Crippen LogP contribution in [0.5, 0.6) is 0 Å². The summed E-state index contributed by atoms with van der Waals surface area (Å²) < 4.78 is 110. The van der Waals surface area contributed by atoms with E-state index in [9.17, 15) is 34.8 Å². The van der Waals surface area contributed by atoms with E-state index in [1.54, 1.807) is 54.6 Å². The quantitative estimate of drug-likeness (QED) is 0.0177. The Bertz CT molecular complexity index is 2630. The molecule has 101 heavy (non-hydrogen) atoms. The summed E-state index contributed by atoms with van der Waals surface area (Å²) in [6.07, 6.45) is -14.3. The number of hydrogen-bond donors (Lipinski definition) is 4. The number of carbonyl (C=O) groups is 3. The van der Waals surface area contributed by atoms with Crippen LogP contribution in [0.4, 0.5) is 0 Å². The van der Waals surface area contributed by atoms with Crippen molar-refractivity contribution in [2.45, 2.75) is 281 Å². The minimum Gasteiger partial charge on any atom is -0.452 e. The number of benzene rings is 3. The number of aliphatic hydroxyl groups excluding tert-OH is 4. The Morgan fingerprint density at radius 1 is 0.386 bits per heavy atom. The average Bonchev–Trinajstić information content (AvgIpc) is 0.772. The highest BCUT2D eigenvalue weighted by molar-refractivity contribution is 5.91. The Labute approximate surface area is 599 Å². The van der Waals surface area contributed by atoms with Gasteiger partial charge in [0.05, 0.1) is 42.6 Å². The number of rotatable bonds is 52. The van der Waals surface area contributed by atoms with Crippen LogP contribution in [-0.4, -0.2) is 234 Å². The van der Waals surface area contributed by atoms with Crippen LogP contribution >= 0.6 is 0 Å². The molecule has 24 nitrogen and oxygen atoms in total. The lowest BCUT2D eigenvalue weighted by atomic mass is 9.96. The van der Waals surface area contributed by atoms with E-state index in [1.165, 1.54) is 36.4 Å². The fourth-order valence-electron chi connectivity index (χ4n) is 11.7. The van der Waals surface area contributed by atoms with Crippen molar-refractivity contribution in [2.24, 2.45) is 0 Å². The van der Waals surface area contributed by atoms with Crippen molar-refractivity contribution in [3.8, 4) is 0 Å². The summed E-state index contributed by atoms with van der Waals surface area (Å²) in [6, 6.07) is 24.2. The number of unbranched alkanes of at least 4 members (excludes halogenated alkanes) is 8. The molecule has 24 heteroatoms. The fourth-order valence-corrected chi connectivity index (χ4v) is 11.7. The smallest absolute Gasteiger partial charge is 0.338 e. The predicted octanol–water partition coefficient (Wildman–Crippen LogP) is 10.4. The lowest BCUT2D eigenvalue weighted by Crippen LogP contribution is -2.65. The maximum Gasteiger partial charge on any atom is 0.338 e. The molecule has 3 aliphatic rings. The van der Waals surface area contributed by atoms with E-state index in [4.69, 9.17) is 80.5 Å². The summed E-state index contributed by atoms with van der Waals surface area (Å²) in [4.78, 5) is 44.1. The van der Waals surface area contributed by atoms with Gasteiger partial charge in [-0.2, -0.15) is 0 Å². The molecule has 0 aliphatic carbocycles. The van der Waals surface area contributed by atoms with Crippen LogP contribution in [0.1, 0.15) is 196 Å². The van der Waals surface area contributed by atoms with Gasteiger partial charge in [-0.3, -0.25) is 0 Å².